The van der Waals surface area contributed by atoms with Crippen molar-refractivity contribution in [2.75, 3.05) is 5.32 Å². The van der Waals surface area contributed by atoms with Crippen LogP contribution in [0.25, 0.3) is 5.69 Å². The molecule has 7 nitrogen and oxygen atoms in total. The Labute approximate surface area is 199 Å². The summed E-state index contributed by atoms with van der Waals surface area (Å²) in [6.45, 7) is 3.83. The van der Waals surface area contributed by atoms with Crippen LogP contribution in [0.1, 0.15) is 34.5 Å². The molecule has 0 spiro atoms. The van der Waals surface area contributed by atoms with E-state index < -0.39 is 6.17 Å². The quantitative estimate of drug-likeness (QED) is 0.399. The van der Waals surface area contributed by atoms with Gasteiger partial charge in [0, 0.05) is 21.3 Å². The van der Waals surface area contributed by atoms with Crippen molar-refractivity contribution in [1.29, 1.82) is 0 Å². The van der Waals surface area contributed by atoms with Gasteiger partial charge in [-0.15, -0.1) is 10.2 Å². The number of para-hydroxylation sites is 1. The molecule has 1 aliphatic rings. The molecule has 0 saturated heterocycles. The van der Waals surface area contributed by atoms with Crippen LogP contribution in [-0.2, 0) is 0 Å². The number of rotatable bonds is 3. The molecular weight excluding hydrogens is 480 g/mol. The lowest BCUT2D eigenvalue weighted by Gasteiger charge is -2.16. The Morgan fingerprint density at radius 2 is 1.73 bits per heavy atom. The van der Waals surface area contributed by atoms with Gasteiger partial charge in [0.05, 0.1) is 11.4 Å². The second-order valence-corrected chi connectivity index (χ2v) is 8.68. The van der Waals surface area contributed by atoms with Gasteiger partial charge < -0.3 is 10.6 Å². The minimum absolute atomic E-state index is 0.375. The molecular formula is C25H21BrN6O. The number of fused-ring (bicyclic) bond motifs is 3. The number of carbonyl (C=O) groups is 1. The summed E-state index contributed by atoms with van der Waals surface area (Å²) in [5.74, 6) is 1.27. The van der Waals surface area contributed by atoms with E-state index in [0.717, 1.165) is 44.1 Å². The second kappa shape index (κ2) is 8.63. The Kier molecular flexibility index (Phi) is 5.51. The molecule has 4 aromatic rings. The molecule has 2 amide bonds. The molecule has 164 valence electrons. The number of amides is 2. The Hall–Kier alpha value is -3.78. The third-order valence-electron chi connectivity index (χ3n) is 5.50. The number of hydrogen-bond donors (Lipinski definition) is 2. The summed E-state index contributed by atoms with van der Waals surface area (Å²) in [6, 6.07) is 23.2. The van der Waals surface area contributed by atoms with Crippen molar-refractivity contribution in [2.24, 2.45) is 4.99 Å². The molecule has 1 unspecified atom stereocenters. The van der Waals surface area contributed by atoms with Crippen LogP contribution in [0.3, 0.4) is 0 Å². The van der Waals surface area contributed by atoms with Crippen molar-refractivity contribution < 1.29 is 4.79 Å². The summed E-state index contributed by atoms with van der Waals surface area (Å²) < 4.78 is 2.90. The number of aryl methyl sites for hydroxylation is 2. The molecule has 0 fully saturated rings. The minimum atomic E-state index is -0.732. The largest absolute Gasteiger partial charge is 0.321 e. The standard InChI is InChI=1S/C25H21BrN6O/c1-15-14-18(26)12-13-20(15)27-25(33)29-23-24-31-30-16(2)32(24)21-11-7-6-10-19(21)22(28-23)17-8-4-3-5-9-17/h3-14,23H,1-2H3,(H2,27,29,33). The highest BCUT2D eigenvalue weighted by Crippen LogP contribution is 2.30. The number of aromatic nitrogens is 3. The molecule has 3 aromatic carbocycles. The first-order chi connectivity index (χ1) is 16.0. The van der Waals surface area contributed by atoms with Gasteiger partial charge in [0.15, 0.2) is 12.0 Å². The number of benzene rings is 3. The summed E-state index contributed by atoms with van der Waals surface area (Å²) in [7, 11) is 0. The summed E-state index contributed by atoms with van der Waals surface area (Å²) in [4.78, 5) is 18.0. The van der Waals surface area contributed by atoms with Crippen molar-refractivity contribution in [3.8, 4) is 5.69 Å². The number of nitrogens with zero attached hydrogens (tertiary/aromatic N) is 4. The highest BCUT2D eigenvalue weighted by molar-refractivity contribution is 9.10. The lowest BCUT2D eigenvalue weighted by molar-refractivity contribution is 0.248. The maximum Gasteiger partial charge on any atom is 0.321 e. The highest BCUT2D eigenvalue weighted by atomic mass is 79.9. The third kappa shape index (κ3) is 4.05. The number of carbonyl (C=O) groups excluding carboxylic acids is 1. The molecule has 0 radical (unpaired) electrons. The molecule has 0 bridgehead atoms. The summed E-state index contributed by atoms with van der Waals surface area (Å²) in [5.41, 5.74) is 5.27. The first kappa shape index (κ1) is 21.1. The summed E-state index contributed by atoms with van der Waals surface area (Å²) in [5, 5.41) is 14.5. The van der Waals surface area contributed by atoms with Gasteiger partial charge in [-0.05, 0) is 43.7 Å². The van der Waals surface area contributed by atoms with Crippen LogP contribution in [0.2, 0.25) is 0 Å². The first-order valence-electron chi connectivity index (χ1n) is 10.5. The number of halogens is 1. The van der Waals surface area contributed by atoms with E-state index in [2.05, 4.69) is 36.8 Å². The van der Waals surface area contributed by atoms with Crippen LogP contribution in [-0.4, -0.2) is 26.5 Å². The van der Waals surface area contributed by atoms with Crippen molar-refractivity contribution in [3.63, 3.8) is 0 Å². The van der Waals surface area contributed by atoms with Crippen molar-refractivity contribution >= 4 is 33.4 Å². The average molecular weight is 501 g/mol. The molecule has 2 heterocycles. The molecule has 5 rings (SSSR count). The smallest absolute Gasteiger partial charge is 0.309 e. The number of aliphatic imine (C=N–C) groups is 1. The van der Waals surface area contributed by atoms with Crippen LogP contribution in [0.4, 0.5) is 10.5 Å². The fraction of sp³-hybridized carbons (Fsp3) is 0.120. The third-order valence-corrected chi connectivity index (χ3v) is 6.00. The van der Waals surface area contributed by atoms with E-state index in [1.807, 2.05) is 91.2 Å². The van der Waals surface area contributed by atoms with Crippen LogP contribution >= 0.6 is 15.9 Å². The number of hydrogen-bond acceptors (Lipinski definition) is 4. The van der Waals surface area contributed by atoms with Gasteiger partial charge in [0.2, 0.25) is 0 Å². The van der Waals surface area contributed by atoms with E-state index in [-0.39, 0.29) is 6.03 Å². The van der Waals surface area contributed by atoms with Crippen LogP contribution < -0.4 is 10.6 Å². The van der Waals surface area contributed by atoms with Gasteiger partial charge >= 0.3 is 6.03 Å². The zero-order valence-electron chi connectivity index (χ0n) is 18.1. The van der Waals surface area contributed by atoms with E-state index in [0.29, 0.717) is 5.82 Å². The molecule has 8 heteroatoms. The fourth-order valence-electron chi connectivity index (χ4n) is 3.95. The van der Waals surface area contributed by atoms with Crippen molar-refractivity contribution in [3.05, 3.63) is 106 Å². The minimum Gasteiger partial charge on any atom is -0.309 e. The molecule has 1 aromatic heterocycles. The molecule has 1 aliphatic heterocycles. The van der Waals surface area contributed by atoms with Crippen LogP contribution in [0.5, 0.6) is 0 Å². The average Bonchev–Trinajstić information content (AvgIpc) is 3.13. The van der Waals surface area contributed by atoms with Gasteiger partial charge in [-0.2, -0.15) is 0 Å². The van der Waals surface area contributed by atoms with Crippen molar-refractivity contribution in [1.82, 2.24) is 20.1 Å². The van der Waals surface area contributed by atoms with Crippen molar-refractivity contribution in [2.45, 2.75) is 20.0 Å². The summed E-state index contributed by atoms with van der Waals surface area (Å²) >= 11 is 3.45. The highest BCUT2D eigenvalue weighted by Gasteiger charge is 2.29. The Balaban J connectivity index is 1.58. The maximum atomic E-state index is 13.0. The van der Waals surface area contributed by atoms with Gasteiger partial charge in [0.25, 0.3) is 0 Å². The van der Waals surface area contributed by atoms with Crippen LogP contribution in [0.15, 0.2) is 82.3 Å². The first-order valence-corrected chi connectivity index (χ1v) is 11.3. The number of nitrogens with one attached hydrogen (secondary N) is 2. The van der Waals surface area contributed by atoms with Crippen LogP contribution in [0, 0.1) is 13.8 Å². The second-order valence-electron chi connectivity index (χ2n) is 7.76. The van der Waals surface area contributed by atoms with Gasteiger partial charge in [0.1, 0.15) is 5.82 Å². The number of urea groups is 1. The Bertz CT molecular complexity index is 1380. The Morgan fingerprint density at radius 1 is 0.970 bits per heavy atom. The fourth-order valence-corrected chi connectivity index (χ4v) is 4.43. The zero-order chi connectivity index (χ0) is 22.9. The van der Waals surface area contributed by atoms with Gasteiger partial charge in [-0.3, -0.25) is 9.56 Å². The van der Waals surface area contributed by atoms with Gasteiger partial charge in [-0.1, -0.05) is 64.5 Å². The van der Waals surface area contributed by atoms with E-state index >= 15 is 0 Å². The predicted molar refractivity (Wildman–Crippen MR) is 132 cm³/mol. The van der Waals surface area contributed by atoms with E-state index in [1.165, 1.54) is 0 Å². The normalized spacial score (nSPS) is 14.5. The lowest BCUT2D eigenvalue weighted by Crippen LogP contribution is -2.33. The SMILES string of the molecule is Cc1cc(Br)ccc1NC(=O)NC1N=C(c2ccccc2)c2ccccc2-n2c(C)nnc21. The van der Waals surface area contributed by atoms with E-state index in [9.17, 15) is 4.79 Å². The zero-order valence-corrected chi connectivity index (χ0v) is 19.7. The van der Waals surface area contributed by atoms with E-state index in [4.69, 9.17) is 4.99 Å². The molecule has 0 saturated carbocycles. The molecule has 2 N–H and O–H groups in total. The van der Waals surface area contributed by atoms with E-state index in [1.54, 1.807) is 0 Å². The lowest BCUT2D eigenvalue weighted by atomic mass is 10.0. The topological polar surface area (TPSA) is 84.2 Å². The predicted octanol–water partition coefficient (Wildman–Crippen LogP) is 5.32. The molecule has 1 atom stereocenters. The van der Waals surface area contributed by atoms with Gasteiger partial charge in [-0.25, -0.2) is 4.79 Å². The monoisotopic (exact) mass is 500 g/mol. The number of anilines is 1. The Morgan fingerprint density at radius 3 is 2.52 bits per heavy atom. The summed E-state index contributed by atoms with van der Waals surface area (Å²) in [6.07, 6.45) is -0.732. The molecule has 0 aliphatic carbocycles. The maximum absolute atomic E-state index is 13.0. The molecule has 33 heavy (non-hydrogen) atoms.